The number of nitrogens with zero attached hydrogens (tertiary/aromatic N) is 1. The molecule has 3 rings (SSSR count). The fourth-order valence-corrected chi connectivity index (χ4v) is 2.83. The van der Waals surface area contributed by atoms with Crippen molar-refractivity contribution in [2.24, 2.45) is 0 Å². The molecule has 166 valence electrons. The Morgan fingerprint density at radius 1 is 1.09 bits per heavy atom. The molecule has 0 spiro atoms. The van der Waals surface area contributed by atoms with Crippen LogP contribution in [0.5, 0.6) is 0 Å². The Morgan fingerprint density at radius 2 is 1.88 bits per heavy atom. The monoisotopic (exact) mass is 449 g/mol. The quantitative estimate of drug-likeness (QED) is 0.318. The number of aliphatic hydroxyl groups is 1. The third-order valence-corrected chi connectivity index (χ3v) is 4.42. The first-order valence-corrected chi connectivity index (χ1v) is 9.23. The van der Waals surface area contributed by atoms with E-state index in [0.717, 1.165) is 42.5 Å². The number of esters is 1. The number of rotatable bonds is 6. The molecule has 0 aliphatic carbocycles. The van der Waals surface area contributed by atoms with Gasteiger partial charge in [0.1, 0.15) is 24.3 Å². The normalized spacial score (nSPS) is 13.0. The second-order valence-electron chi connectivity index (χ2n) is 6.73. The van der Waals surface area contributed by atoms with Gasteiger partial charge in [0.05, 0.1) is 11.1 Å². The Balaban J connectivity index is 1.90. The number of benzene rings is 2. The molecular formula is C23H16F5NO3. The van der Waals surface area contributed by atoms with Gasteiger partial charge < -0.3 is 9.84 Å². The van der Waals surface area contributed by atoms with Crippen LogP contribution in [0, 0.1) is 11.6 Å². The summed E-state index contributed by atoms with van der Waals surface area (Å²) in [5.74, 6) is -2.75. The van der Waals surface area contributed by atoms with Crippen molar-refractivity contribution in [1.29, 1.82) is 0 Å². The van der Waals surface area contributed by atoms with Crippen molar-refractivity contribution in [3.8, 4) is 0 Å². The summed E-state index contributed by atoms with van der Waals surface area (Å²) in [6, 6.07) is 9.69. The van der Waals surface area contributed by atoms with E-state index in [4.69, 9.17) is 4.74 Å². The Bertz CT molecular complexity index is 1130. The van der Waals surface area contributed by atoms with E-state index in [1.807, 2.05) is 0 Å². The van der Waals surface area contributed by atoms with E-state index < -0.39 is 47.6 Å². The number of ether oxygens (including phenoxy) is 1. The fraction of sp³-hybridized carbons (Fsp3) is 0.130. The lowest BCUT2D eigenvalue weighted by Crippen LogP contribution is -2.15. The van der Waals surface area contributed by atoms with Gasteiger partial charge in [0.2, 0.25) is 0 Å². The van der Waals surface area contributed by atoms with Crippen LogP contribution in [0.2, 0.25) is 0 Å². The van der Waals surface area contributed by atoms with Gasteiger partial charge >= 0.3 is 12.1 Å². The SMILES string of the molecule is O=C(OCc1cccc(C(F)(F)F)c1)/C(=C\c1cc(F)ccc1F)C(O)c1cccnc1. The lowest BCUT2D eigenvalue weighted by molar-refractivity contribution is -0.141. The molecule has 0 aliphatic heterocycles. The van der Waals surface area contributed by atoms with Gasteiger partial charge in [0.25, 0.3) is 0 Å². The molecule has 0 amide bonds. The van der Waals surface area contributed by atoms with Gasteiger partial charge in [-0.15, -0.1) is 0 Å². The zero-order valence-corrected chi connectivity index (χ0v) is 16.3. The molecule has 0 saturated heterocycles. The number of hydrogen-bond acceptors (Lipinski definition) is 4. The third kappa shape index (κ3) is 5.76. The van der Waals surface area contributed by atoms with E-state index in [0.29, 0.717) is 0 Å². The van der Waals surface area contributed by atoms with Gasteiger partial charge in [-0.25, -0.2) is 13.6 Å². The summed E-state index contributed by atoms with van der Waals surface area (Å²) in [5, 5.41) is 10.6. The second kappa shape index (κ2) is 9.69. The molecule has 1 unspecified atom stereocenters. The molecule has 1 heterocycles. The van der Waals surface area contributed by atoms with Gasteiger partial charge in [-0.1, -0.05) is 18.2 Å². The summed E-state index contributed by atoms with van der Waals surface area (Å²) >= 11 is 0. The topological polar surface area (TPSA) is 59.4 Å². The van der Waals surface area contributed by atoms with Gasteiger partial charge in [0, 0.05) is 23.5 Å². The Hall–Kier alpha value is -3.59. The number of aliphatic hydroxyl groups excluding tert-OH is 1. The minimum Gasteiger partial charge on any atom is -0.457 e. The molecule has 1 aromatic heterocycles. The number of carbonyl (C=O) groups is 1. The van der Waals surface area contributed by atoms with Crippen LogP contribution in [0.4, 0.5) is 22.0 Å². The highest BCUT2D eigenvalue weighted by Crippen LogP contribution is 2.30. The molecule has 3 aromatic rings. The summed E-state index contributed by atoms with van der Waals surface area (Å²) in [7, 11) is 0. The van der Waals surface area contributed by atoms with Gasteiger partial charge in [-0.3, -0.25) is 4.98 Å². The van der Waals surface area contributed by atoms with E-state index in [-0.39, 0.29) is 16.7 Å². The van der Waals surface area contributed by atoms with Crippen molar-refractivity contribution in [2.75, 3.05) is 0 Å². The second-order valence-corrected chi connectivity index (χ2v) is 6.73. The molecule has 0 radical (unpaired) electrons. The molecule has 1 atom stereocenters. The third-order valence-electron chi connectivity index (χ3n) is 4.42. The van der Waals surface area contributed by atoms with Crippen LogP contribution in [0.1, 0.15) is 28.4 Å². The molecule has 1 N–H and O–H groups in total. The Kier molecular flexibility index (Phi) is 6.99. The van der Waals surface area contributed by atoms with Crippen molar-refractivity contribution in [3.63, 3.8) is 0 Å². The van der Waals surface area contributed by atoms with Crippen molar-refractivity contribution in [1.82, 2.24) is 4.98 Å². The first kappa shape index (κ1) is 23.1. The highest BCUT2D eigenvalue weighted by atomic mass is 19.4. The molecule has 9 heteroatoms. The smallest absolute Gasteiger partial charge is 0.416 e. The summed E-state index contributed by atoms with van der Waals surface area (Å²) in [6.07, 6.45) is -2.57. The van der Waals surface area contributed by atoms with E-state index in [2.05, 4.69) is 4.98 Å². The first-order chi connectivity index (χ1) is 15.1. The minimum atomic E-state index is -4.57. The number of halogens is 5. The van der Waals surface area contributed by atoms with Crippen LogP contribution < -0.4 is 0 Å². The van der Waals surface area contributed by atoms with E-state index in [1.165, 1.54) is 30.6 Å². The minimum absolute atomic E-state index is 0.0559. The maximum atomic E-state index is 14.1. The fourth-order valence-electron chi connectivity index (χ4n) is 2.83. The zero-order chi connectivity index (χ0) is 23.3. The zero-order valence-electron chi connectivity index (χ0n) is 16.3. The lowest BCUT2D eigenvalue weighted by atomic mass is 10.00. The molecule has 0 fully saturated rings. The number of aromatic nitrogens is 1. The summed E-state index contributed by atoms with van der Waals surface area (Å²) in [4.78, 5) is 16.5. The van der Waals surface area contributed by atoms with E-state index in [1.54, 1.807) is 0 Å². The van der Waals surface area contributed by atoms with E-state index in [9.17, 15) is 31.9 Å². The molecule has 32 heavy (non-hydrogen) atoms. The highest BCUT2D eigenvalue weighted by molar-refractivity contribution is 5.95. The maximum Gasteiger partial charge on any atom is 0.416 e. The predicted molar refractivity (Wildman–Crippen MR) is 105 cm³/mol. The van der Waals surface area contributed by atoms with Crippen LogP contribution in [-0.2, 0) is 22.3 Å². The molecule has 4 nitrogen and oxygen atoms in total. The Morgan fingerprint density at radius 3 is 2.56 bits per heavy atom. The standard InChI is InChI=1S/C23H16F5NO3/c24-18-6-7-20(25)16(10-18)11-19(21(30)15-4-2-8-29-12-15)22(31)32-13-14-3-1-5-17(9-14)23(26,27)28/h1-12,21,30H,13H2/b19-11-. The van der Waals surface area contributed by atoms with E-state index >= 15 is 0 Å². The highest BCUT2D eigenvalue weighted by Gasteiger charge is 2.30. The van der Waals surface area contributed by atoms with Crippen molar-refractivity contribution in [2.45, 2.75) is 18.9 Å². The number of hydrogen-bond donors (Lipinski definition) is 1. The van der Waals surface area contributed by atoms with Gasteiger partial charge in [-0.05, 0) is 48.0 Å². The summed E-state index contributed by atoms with van der Waals surface area (Å²) < 4.78 is 71.4. The summed E-state index contributed by atoms with van der Waals surface area (Å²) in [5.41, 5.74) is -1.46. The average Bonchev–Trinajstić information content (AvgIpc) is 2.78. The maximum absolute atomic E-state index is 14.1. The van der Waals surface area contributed by atoms with Crippen molar-refractivity contribution >= 4 is 12.0 Å². The van der Waals surface area contributed by atoms with Crippen LogP contribution in [0.3, 0.4) is 0 Å². The predicted octanol–water partition coefficient (Wildman–Crippen LogP) is 5.24. The van der Waals surface area contributed by atoms with Crippen LogP contribution in [0.15, 0.2) is 72.6 Å². The van der Waals surface area contributed by atoms with Crippen molar-refractivity contribution < 1.29 is 36.6 Å². The number of alkyl halides is 3. The molecule has 0 bridgehead atoms. The average molecular weight is 449 g/mol. The molecular weight excluding hydrogens is 433 g/mol. The Labute approximate surface area is 179 Å². The molecule has 0 saturated carbocycles. The molecule has 0 aliphatic rings. The number of pyridine rings is 1. The van der Waals surface area contributed by atoms with Crippen LogP contribution in [0.25, 0.3) is 6.08 Å². The van der Waals surface area contributed by atoms with Gasteiger partial charge in [0.15, 0.2) is 0 Å². The van der Waals surface area contributed by atoms with Crippen LogP contribution in [-0.4, -0.2) is 16.1 Å². The largest absolute Gasteiger partial charge is 0.457 e. The van der Waals surface area contributed by atoms with Crippen molar-refractivity contribution in [3.05, 3.63) is 106 Å². The number of carbonyl (C=O) groups excluding carboxylic acids is 1. The molecule has 2 aromatic carbocycles. The van der Waals surface area contributed by atoms with Gasteiger partial charge in [-0.2, -0.15) is 13.2 Å². The van der Waals surface area contributed by atoms with Crippen LogP contribution >= 0.6 is 0 Å². The first-order valence-electron chi connectivity index (χ1n) is 9.23. The summed E-state index contributed by atoms with van der Waals surface area (Å²) in [6.45, 7) is -0.536. The lowest BCUT2D eigenvalue weighted by Gasteiger charge is -2.15.